The van der Waals surface area contributed by atoms with Crippen molar-refractivity contribution in [1.82, 2.24) is 5.32 Å². The molecule has 17 nitrogen and oxygen atoms in total. The zero-order valence-electron chi connectivity index (χ0n) is 40.5. The third kappa shape index (κ3) is 9.27. The molecule has 3 aromatic rings. The summed E-state index contributed by atoms with van der Waals surface area (Å²) in [4.78, 5) is 99.6. The number of carbonyl (C=O) groups is 7. The van der Waals surface area contributed by atoms with Crippen LogP contribution in [0.2, 0.25) is 0 Å². The van der Waals surface area contributed by atoms with Crippen LogP contribution in [0.1, 0.15) is 107 Å². The van der Waals surface area contributed by atoms with E-state index in [1.807, 2.05) is 13.8 Å². The smallest absolute Gasteiger partial charge is 0.350 e. The van der Waals surface area contributed by atoms with E-state index in [2.05, 4.69) is 5.32 Å². The van der Waals surface area contributed by atoms with Crippen LogP contribution < -0.4 is 11.1 Å². The van der Waals surface area contributed by atoms with E-state index in [4.69, 9.17) is 34.2 Å². The van der Waals surface area contributed by atoms with Crippen molar-refractivity contribution in [3.8, 4) is 0 Å². The summed E-state index contributed by atoms with van der Waals surface area (Å²) in [5.74, 6) is -8.05. The number of carbonyl (C=O) groups excluding carboxylic acids is 7. The molecule has 1 amide bonds. The molecule has 1 saturated heterocycles. The summed E-state index contributed by atoms with van der Waals surface area (Å²) < 4.78 is 36.8. The van der Waals surface area contributed by atoms with E-state index in [0.29, 0.717) is 5.56 Å². The lowest BCUT2D eigenvalue weighted by Gasteiger charge is -2.67. The molecule has 5 N–H and O–H groups in total. The summed E-state index contributed by atoms with van der Waals surface area (Å²) in [5.41, 5.74) is -1.07. The Bertz CT molecular complexity index is 2530. The van der Waals surface area contributed by atoms with E-state index in [9.17, 15) is 34.2 Å². The number of amides is 1. The molecule has 374 valence electrons. The number of hydrogen-bond acceptors (Lipinski definition) is 16. The highest BCUT2D eigenvalue weighted by molar-refractivity contribution is 5.96. The summed E-state index contributed by atoms with van der Waals surface area (Å²) in [6.07, 6.45) is -10.6. The van der Waals surface area contributed by atoms with E-state index in [0.717, 1.165) is 13.8 Å². The number of nitrogens with two attached hydrogens (primary N) is 1. The van der Waals surface area contributed by atoms with Crippen LogP contribution in [0.4, 0.5) is 0 Å². The topological polar surface area (TPSA) is 253 Å². The van der Waals surface area contributed by atoms with Gasteiger partial charge in [0.05, 0.1) is 29.6 Å². The second-order valence-electron chi connectivity index (χ2n) is 20.0. The Balaban J connectivity index is 1.43. The molecule has 7 rings (SSSR count). The average molecular weight is 967 g/mol. The summed E-state index contributed by atoms with van der Waals surface area (Å²) in [6, 6.07) is 21.6. The molecule has 1 heterocycles. The number of nitrogens with one attached hydrogen (secondary N) is 1. The molecule has 0 aromatic heterocycles. The van der Waals surface area contributed by atoms with Gasteiger partial charge in [-0.05, 0) is 67.2 Å². The van der Waals surface area contributed by atoms with Gasteiger partial charge in [0, 0.05) is 37.7 Å². The van der Waals surface area contributed by atoms with Gasteiger partial charge in [-0.15, -0.1) is 0 Å². The van der Waals surface area contributed by atoms with Gasteiger partial charge in [-0.25, -0.2) is 9.59 Å². The maximum atomic E-state index is 15.7. The van der Waals surface area contributed by atoms with Crippen molar-refractivity contribution in [3.05, 3.63) is 119 Å². The molecule has 17 heteroatoms. The average Bonchev–Trinajstić information content (AvgIpc) is 3.31. The minimum Gasteiger partial charge on any atom is -0.455 e. The lowest BCUT2D eigenvalue weighted by molar-refractivity contribution is -0.346. The molecule has 3 aliphatic carbocycles. The monoisotopic (exact) mass is 966 g/mol. The van der Waals surface area contributed by atoms with Gasteiger partial charge in [0.15, 0.2) is 17.5 Å². The molecule has 0 spiro atoms. The first kappa shape index (κ1) is 51.6. The molecular weight excluding hydrogens is 905 g/mol. The van der Waals surface area contributed by atoms with Gasteiger partial charge < -0.3 is 49.7 Å². The fourth-order valence-corrected chi connectivity index (χ4v) is 11.1. The molecule has 70 heavy (non-hydrogen) atoms. The van der Waals surface area contributed by atoms with E-state index >= 15 is 9.59 Å². The Morgan fingerprint density at radius 2 is 1.41 bits per heavy atom. The van der Waals surface area contributed by atoms with Crippen LogP contribution in [0.25, 0.3) is 0 Å². The Labute approximate surface area is 406 Å². The van der Waals surface area contributed by atoms with E-state index in [1.165, 1.54) is 26.0 Å². The van der Waals surface area contributed by atoms with E-state index in [-0.39, 0.29) is 47.6 Å². The predicted molar refractivity (Wildman–Crippen MR) is 249 cm³/mol. The highest BCUT2D eigenvalue weighted by atomic mass is 16.6. The Morgan fingerprint density at radius 1 is 0.829 bits per heavy atom. The number of rotatable bonds is 14. The fraction of sp³-hybridized carbons (Fsp3) is 0.491. The van der Waals surface area contributed by atoms with Crippen LogP contribution in [0.3, 0.4) is 0 Å². The second kappa shape index (κ2) is 19.9. The predicted octanol–water partition coefficient (Wildman–Crippen LogP) is 4.66. The van der Waals surface area contributed by atoms with Crippen molar-refractivity contribution in [2.45, 2.75) is 135 Å². The number of benzene rings is 3. The number of ketones is 1. The molecule has 2 bridgehead atoms. The lowest BCUT2D eigenvalue weighted by Crippen LogP contribution is -2.82. The number of fused-ring (bicyclic) bond motifs is 5. The number of aliphatic hydroxyl groups is 2. The normalized spacial score (nSPS) is 30.0. The molecule has 0 radical (unpaired) electrons. The Morgan fingerprint density at radius 3 is 1.96 bits per heavy atom. The zero-order valence-corrected chi connectivity index (χ0v) is 40.5. The van der Waals surface area contributed by atoms with E-state index in [1.54, 1.807) is 92.7 Å². The van der Waals surface area contributed by atoms with Crippen molar-refractivity contribution < 1.29 is 72.2 Å². The Hall–Kier alpha value is -6.27. The number of Topliss-reactive ketones (excluding diaryl/α,β-unsaturated/α-hetero) is 1. The van der Waals surface area contributed by atoms with Crippen molar-refractivity contribution in [2.75, 3.05) is 6.61 Å². The molecule has 3 fully saturated rings. The first-order valence-corrected chi connectivity index (χ1v) is 23.5. The molecule has 3 aromatic carbocycles. The summed E-state index contributed by atoms with van der Waals surface area (Å²) >= 11 is 0. The quantitative estimate of drug-likeness (QED) is 0.0974. The zero-order chi connectivity index (χ0) is 51.1. The van der Waals surface area contributed by atoms with Crippen LogP contribution in [-0.2, 0) is 52.4 Å². The van der Waals surface area contributed by atoms with E-state index < -0.39 is 125 Å². The highest BCUT2D eigenvalue weighted by Gasteiger charge is 2.78. The molecule has 1 aliphatic heterocycles. The van der Waals surface area contributed by atoms with Crippen molar-refractivity contribution in [1.29, 1.82) is 0 Å². The maximum absolute atomic E-state index is 15.7. The first-order valence-electron chi connectivity index (χ1n) is 23.5. The van der Waals surface area contributed by atoms with Gasteiger partial charge in [-0.2, -0.15) is 0 Å². The van der Waals surface area contributed by atoms with Gasteiger partial charge in [0.2, 0.25) is 6.10 Å². The minimum absolute atomic E-state index is 0.0371. The summed E-state index contributed by atoms with van der Waals surface area (Å²) in [7, 11) is 0. The summed E-state index contributed by atoms with van der Waals surface area (Å²) in [6.45, 7) is 11.6. The molecule has 4 aliphatic rings. The first-order chi connectivity index (χ1) is 33.0. The van der Waals surface area contributed by atoms with Crippen LogP contribution in [0.5, 0.6) is 0 Å². The second-order valence-corrected chi connectivity index (χ2v) is 20.0. The number of hydrogen-bond donors (Lipinski definition) is 4. The standard InChI is InChI=1S/C53H62N2O15/c1-28(2)24-35(54)48(62)68-42(40(32-18-12-9-13-19-32)55-46(60)33-20-14-10-15-21-33)49(63)67-36-26-53(64)45(69-47(61)34-22-16-11-17-23-34)43-51(8,37(58)25-38-52(43,27-65-38)70-31(5)57)44(59)41(66-30(4)56)39(29(36)3)50(53,6)7/h9-23,28,35-38,40-43,45,58,64H,24-27,54H2,1-8H3,(H,55,60)/t35-,36-,37-,38+,40-,41+,42+,43-,45-,51+,52-,53+/m0/s1. The molecule has 0 unspecified atom stereocenters. The van der Waals surface area contributed by atoms with Crippen LogP contribution >= 0.6 is 0 Å². The van der Waals surface area contributed by atoms with Gasteiger partial charge >= 0.3 is 29.8 Å². The van der Waals surface area contributed by atoms with Crippen molar-refractivity contribution in [2.24, 2.45) is 28.4 Å². The van der Waals surface area contributed by atoms with Crippen LogP contribution in [0.15, 0.2) is 102 Å². The fourth-order valence-electron chi connectivity index (χ4n) is 11.1. The van der Waals surface area contributed by atoms with Gasteiger partial charge in [-0.1, -0.05) is 94.4 Å². The van der Waals surface area contributed by atoms with Crippen molar-refractivity contribution >= 4 is 41.5 Å². The molecule has 2 saturated carbocycles. The van der Waals surface area contributed by atoms with Gasteiger partial charge in [-0.3, -0.25) is 24.0 Å². The third-order valence-corrected chi connectivity index (χ3v) is 14.7. The number of esters is 5. The number of aliphatic hydroxyl groups excluding tert-OH is 1. The van der Waals surface area contributed by atoms with Gasteiger partial charge in [0.1, 0.15) is 36.0 Å². The molecular formula is C53H62N2O15. The van der Waals surface area contributed by atoms with Gasteiger partial charge in [0.25, 0.3) is 5.91 Å². The van der Waals surface area contributed by atoms with Crippen LogP contribution in [-0.4, -0.2) is 112 Å². The third-order valence-electron chi connectivity index (χ3n) is 14.7. The highest BCUT2D eigenvalue weighted by Crippen LogP contribution is 2.64. The lowest BCUT2D eigenvalue weighted by atomic mass is 9.44. The van der Waals surface area contributed by atoms with Crippen molar-refractivity contribution in [3.63, 3.8) is 0 Å². The Kier molecular flexibility index (Phi) is 14.6. The maximum Gasteiger partial charge on any atom is 0.350 e. The van der Waals surface area contributed by atoms with Crippen LogP contribution in [0, 0.1) is 22.7 Å². The number of ether oxygens (including phenoxy) is 6. The SMILES string of the molecule is CC(=O)O[C@H]1C(=O)[C@@]2(C)[C@H]([C@H](OC(=O)c3ccccc3)[C@]3(O)C[C@H](OC(=O)[C@H](OC(=O)[C@@H](N)CC(C)C)[C@@H](NC(=O)c4ccccc4)c4ccccc4)C(C)=C1C3(C)C)[C@]1(OC(C)=O)CO[C@@H]1C[C@@H]2O. The molecule has 12 atom stereocenters. The summed E-state index contributed by atoms with van der Waals surface area (Å²) in [5, 5.41) is 29.0. The largest absolute Gasteiger partial charge is 0.455 e. The minimum atomic E-state index is -2.46.